The molecule has 0 fully saturated rings. The largest absolute Gasteiger partial charge is 2.00 e. The first kappa shape index (κ1) is 33.9. The van der Waals surface area contributed by atoms with Gasteiger partial charge in [0.2, 0.25) is 0 Å². The summed E-state index contributed by atoms with van der Waals surface area (Å²) in [5.41, 5.74) is 1.86. The SMILES string of the molecule is CCCCCCCc1cccc(S(=O)(=O)[O-])c1.CCCCCCCc1cccc(S(=O)(=O)[O-])c1.[Zn+2]. The molecule has 35 heavy (non-hydrogen) atoms. The summed E-state index contributed by atoms with van der Waals surface area (Å²) in [5, 5.41) is 0. The monoisotopic (exact) mass is 574 g/mol. The van der Waals surface area contributed by atoms with E-state index >= 15 is 0 Å². The Kier molecular flexibility index (Phi) is 17.6. The Bertz CT molecular complexity index is 968. The van der Waals surface area contributed by atoms with E-state index in [1.165, 1.54) is 62.8 Å². The molecule has 2 rings (SSSR count). The molecule has 2 aromatic carbocycles. The van der Waals surface area contributed by atoms with E-state index in [-0.39, 0.29) is 29.3 Å². The molecule has 0 aliphatic rings. The van der Waals surface area contributed by atoms with E-state index in [1.807, 2.05) is 12.1 Å². The van der Waals surface area contributed by atoms with E-state index in [0.717, 1.165) is 49.7 Å². The van der Waals surface area contributed by atoms with Gasteiger partial charge in [-0.15, -0.1) is 0 Å². The molecule has 0 bridgehead atoms. The van der Waals surface area contributed by atoms with Gasteiger partial charge in [-0.05, 0) is 61.1 Å². The van der Waals surface area contributed by atoms with E-state index in [0.29, 0.717) is 0 Å². The molecule has 2 aromatic rings. The third-order valence-electron chi connectivity index (χ3n) is 5.51. The molecule has 0 saturated heterocycles. The number of benzene rings is 2. The van der Waals surface area contributed by atoms with Crippen LogP contribution in [0.5, 0.6) is 0 Å². The molecule has 0 aromatic heterocycles. The quantitative estimate of drug-likeness (QED) is 0.150. The van der Waals surface area contributed by atoms with Crippen LogP contribution >= 0.6 is 0 Å². The van der Waals surface area contributed by atoms with Crippen LogP contribution in [0.2, 0.25) is 0 Å². The van der Waals surface area contributed by atoms with E-state index < -0.39 is 20.2 Å². The molecular formula is C26H38O6S2Zn. The van der Waals surface area contributed by atoms with Crippen LogP contribution in [0.25, 0.3) is 0 Å². The molecule has 9 heteroatoms. The van der Waals surface area contributed by atoms with Crippen molar-refractivity contribution in [3.63, 3.8) is 0 Å². The molecule has 192 valence electrons. The molecule has 0 N–H and O–H groups in total. The van der Waals surface area contributed by atoms with Crippen LogP contribution in [0.4, 0.5) is 0 Å². The molecule has 0 saturated carbocycles. The summed E-state index contributed by atoms with van der Waals surface area (Å²) < 4.78 is 65.1. The van der Waals surface area contributed by atoms with E-state index in [2.05, 4.69) is 13.8 Å². The number of hydrogen-bond acceptors (Lipinski definition) is 6. The Labute approximate surface area is 225 Å². The van der Waals surface area contributed by atoms with Crippen molar-refractivity contribution in [2.24, 2.45) is 0 Å². The van der Waals surface area contributed by atoms with Crippen LogP contribution in [0.3, 0.4) is 0 Å². The number of hydrogen-bond donors (Lipinski definition) is 0. The Hall–Kier alpha value is -1.12. The minimum atomic E-state index is -4.31. The smallest absolute Gasteiger partial charge is 0.744 e. The Morgan fingerprint density at radius 2 is 0.914 bits per heavy atom. The van der Waals surface area contributed by atoms with Crippen LogP contribution < -0.4 is 0 Å². The second kappa shape index (κ2) is 18.2. The molecule has 0 aliphatic heterocycles. The van der Waals surface area contributed by atoms with Gasteiger partial charge in [0.25, 0.3) is 0 Å². The van der Waals surface area contributed by atoms with Crippen molar-refractivity contribution in [3.05, 3.63) is 59.7 Å². The van der Waals surface area contributed by atoms with Crippen LogP contribution in [-0.4, -0.2) is 25.9 Å². The Balaban J connectivity index is 0.000000642. The van der Waals surface area contributed by atoms with E-state index in [1.54, 1.807) is 12.1 Å². The van der Waals surface area contributed by atoms with Crippen molar-refractivity contribution in [2.75, 3.05) is 0 Å². The molecule has 0 spiro atoms. The third kappa shape index (κ3) is 15.6. The van der Waals surface area contributed by atoms with Crippen molar-refractivity contribution in [3.8, 4) is 0 Å². The maximum atomic E-state index is 10.8. The fraction of sp³-hybridized carbons (Fsp3) is 0.538. The van der Waals surface area contributed by atoms with Gasteiger partial charge in [0.05, 0.1) is 9.79 Å². The zero-order valence-electron chi connectivity index (χ0n) is 21.1. The van der Waals surface area contributed by atoms with Crippen molar-refractivity contribution in [1.82, 2.24) is 0 Å². The molecule has 0 aliphatic carbocycles. The van der Waals surface area contributed by atoms with Gasteiger partial charge < -0.3 is 9.11 Å². The predicted molar refractivity (Wildman–Crippen MR) is 134 cm³/mol. The van der Waals surface area contributed by atoms with E-state index in [9.17, 15) is 25.9 Å². The van der Waals surface area contributed by atoms with Gasteiger partial charge in [-0.25, -0.2) is 16.8 Å². The van der Waals surface area contributed by atoms with Crippen LogP contribution in [0, 0.1) is 0 Å². The summed E-state index contributed by atoms with van der Waals surface area (Å²) in [6.45, 7) is 4.34. The van der Waals surface area contributed by atoms with Gasteiger partial charge in [0, 0.05) is 0 Å². The van der Waals surface area contributed by atoms with E-state index in [4.69, 9.17) is 0 Å². The van der Waals surface area contributed by atoms with Crippen molar-refractivity contribution < 1.29 is 45.4 Å². The second-order valence-corrected chi connectivity index (χ2v) is 11.3. The number of rotatable bonds is 14. The minimum absolute atomic E-state index is 0. The first-order valence-electron chi connectivity index (χ1n) is 12.2. The fourth-order valence-electron chi connectivity index (χ4n) is 3.58. The van der Waals surface area contributed by atoms with Gasteiger partial charge in [-0.2, -0.15) is 0 Å². The summed E-state index contributed by atoms with van der Waals surface area (Å²) in [5.74, 6) is 0. The minimum Gasteiger partial charge on any atom is -0.744 e. The standard InChI is InChI=1S/2C13H20O3S.Zn/c2*1-2-3-4-5-6-8-12-9-7-10-13(11-12)17(14,15)16;/h2*7,9-11H,2-6,8H2,1H3,(H,14,15,16);/q;;+2/p-2. The van der Waals surface area contributed by atoms with Crippen molar-refractivity contribution >= 4 is 20.2 Å². The van der Waals surface area contributed by atoms with Gasteiger partial charge in [-0.1, -0.05) is 89.5 Å². The summed E-state index contributed by atoms with van der Waals surface area (Å²) in [7, 11) is -8.63. The molecule has 6 nitrogen and oxygen atoms in total. The van der Waals surface area contributed by atoms with Crippen molar-refractivity contribution in [2.45, 2.75) is 101 Å². The number of aryl methyl sites for hydroxylation is 2. The second-order valence-electron chi connectivity index (χ2n) is 8.53. The fourth-order valence-corrected chi connectivity index (χ4v) is 4.66. The molecular weight excluding hydrogens is 538 g/mol. The molecule has 0 heterocycles. The third-order valence-corrected chi connectivity index (χ3v) is 7.17. The summed E-state index contributed by atoms with van der Waals surface area (Å²) in [4.78, 5) is -0.243. The first-order valence-corrected chi connectivity index (χ1v) is 15.0. The van der Waals surface area contributed by atoms with Crippen LogP contribution in [0.15, 0.2) is 58.3 Å². The summed E-state index contributed by atoms with van der Waals surface area (Å²) in [6.07, 6.45) is 13.4. The first-order chi connectivity index (χ1) is 16.1. The van der Waals surface area contributed by atoms with Gasteiger partial charge >= 0.3 is 19.5 Å². The van der Waals surface area contributed by atoms with Crippen LogP contribution in [-0.2, 0) is 52.6 Å². The zero-order valence-corrected chi connectivity index (χ0v) is 25.7. The van der Waals surface area contributed by atoms with Gasteiger partial charge in [0.1, 0.15) is 20.2 Å². The normalized spacial score (nSPS) is 11.3. The summed E-state index contributed by atoms with van der Waals surface area (Å²) >= 11 is 0. The summed E-state index contributed by atoms with van der Waals surface area (Å²) in [6, 6.07) is 12.7. The molecule has 0 atom stereocenters. The molecule has 0 amide bonds. The zero-order chi connectivity index (χ0) is 25.5. The predicted octanol–water partition coefficient (Wildman–Crippen LogP) is 6.20. The number of unbranched alkanes of at least 4 members (excludes halogenated alkanes) is 8. The average molecular weight is 576 g/mol. The maximum Gasteiger partial charge on any atom is 2.00 e. The Morgan fingerprint density at radius 3 is 1.23 bits per heavy atom. The molecule has 0 radical (unpaired) electrons. The van der Waals surface area contributed by atoms with Crippen molar-refractivity contribution in [1.29, 1.82) is 0 Å². The molecule has 0 unspecified atom stereocenters. The van der Waals surface area contributed by atoms with Gasteiger partial charge in [0.15, 0.2) is 0 Å². The Morgan fingerprint density at radius 1 is 0.571 bits per heavy atom. The topological polar surface area (TPSA) is 114 Å². The maximum absolute atomic E-state index is 10.8. The van der Waals surface area contributed by atoms with Crippen LogP contribution in [0.1, 0.15) is 89.2 Å². The van der Waals surface area contributed by atoms with Gasteiger partial charge in [-0.3, -0.25) is 0 Å². The average Bonchev–Trinajstić information content (AvgIpc) is 2.79.